The van der Waals surface area contributed by atoms with E-state index >= 15 is 0 Å². The summed E-state index contributed by atoms with van der Waals surface area (Å²) < 4.78 is 10.7. The Morgan fingerprint density at radius 1 is 1.16 bits per heavy atom. The van der Waals surface area contributed by atoms with Crippen LogP contribution < -0.4 is 14.8 Å². The number of hydrogen-bond donors (Lipinski definition) is 2. The largest absolute Gasteiger partial charge is 0.482 e. The number of ether oxygens (including phenoxy) is 2. The summed E-state index contributed by atoms with van der Waals surface area (Å²) in [5.41, 5.74) is 2.08. The highest BCUT2D eigenvalue weighted by Crippen LogP contribution is 2.28. The quantitative estimate of drug-likeness (QED) is 0.802. The van der Waals surface area contributed by atoms with Crippen molar-refractivity contribution in [1.82, 2.24) is 5.32 Å². The number of amides is 1. The van der Waals surface area contributed by atoms with E-state index in [-0.39, 0.29) is 12.5 Å². The molecule has 0 fully saturated rings. The maximum absolute atomic E-state index is 12.2. The number of hydrogen-bond acceptors (Lipinski definition) is 4. The molecule has 1 aliphatic heterocycles. The third kappa shape index (κ3) is 4.50. The summed E-state index contributed by atoms with van der Waals surface area (Å²) in [4.78, 5) is 22.6. The van der Waals surface area contributed by atoms with E-state index in [0.29, 0.717) is 25.1 Å². The maximum atomic E-state index is 12.2. The summed E-state index contributed by atoms with van der Waals surface area (Å²) in [5.74, 6) is 0.160. The van der Waals surface area contributed by atoms with Crippen LogP contribution in [0.25, 0.3) is 0 Å². The van der Waals surface area contributed by atoms with Gasteiger partial charge in [0.05, 0.1) is 0 Å². The highest BCUT2D eigenvalue weighted by Gasteiger charge is 2.28. The Morgan fingerprint density at radius 2 is 1.92 bits per heavy atom. The molecule has 1 atom stereocenters. The van der Waals surface area contributed by atoms with Gasteiger partial charge in [-0.05, 0) is 35.7 Å². The van der Waals surface area contributed by atoms with Crippen LogP contribution in [-0.4, -0.2) is 36.2 Å². The lowest BCUT2D eigenvalue weighted by Gasteiger charge is -2.11. The van der Waals surface area contributed by atoms with E-state index in [1.54, 1.807) is 12.1 Å². The molecule has 0 aromatic heterocycles. The zero-order valence-electron chi connectivity index (χ0n) is 13.6. The molecule has 25 heavy (non-hydrogen) atoms. The lowest BCUT2D eigenvalue weighted by molar-refractivity contribution is -0.139. The molecule has 0 saturated carbocycles. The Balaban J connectivity index is 1.42. The van der Waals surface area contributed by atoms with Gasteiger partial charge < -0.3 is 19.9 Å². The number of carbonyl (C=O) groups excluding carboxylic acids is 1. The molecule has 0 bridgehead atoms. The molecular weight excluding hydrogens is 322 g/mol. The third-order valence-corrected chi connectivity index (χ3v) is 3.94. The molecule has 2 N–H and O–H groups in total. The van der Waals surface area contributed by atoms with Crippen molar-refractivity contribution in [2.75, 3.05) is 13.2 Å². The van der Waals surface area contributed by atoms with Crippen LogP contribution in [0.4, 0.5) is 0 Å². The molecule has 0 radical (unpaired) electrons. The van der Waals surface area contributed by atoms with Crippen LogP contribution in [0.2, 0.25) is 0 Å². The van der Waals surface area contributed by atoms with Gasteiger partial charge in [-0.15, -0.1) is 0 Å². The van der Waals surface area contributed by atoms with E-state index in [1.165, 1.54) is 0 Å². The highest BCUT2D eigenvalue weighted by atomic mass is 16.5. The predicted molar refractivity (Wildman–Crippen MR) is 90.8 cm³/mol. The maximum Gasteiger partial charge on any atom is 0.341 e. The summed E-state index contributed by atoms with van der Waals surface area (Å²) in [6.45, 7) is 0.142. The van der Waals surface area contributed by atoms with Gasteiger partial charge in [-0.2, -0.15) is 0 Å². The fourth-order valence-electron chi connectivity index (χ4n) is 2.67. The van der Waals surface area contributed by atoms with Gasteiger partial charge >= 0.3 is 5.97 Å². The van der Waals surface area contributed by atoms with Gasteiger partial charge in [0.2, 0.25) is 0 Å². The van der Waals surface area contributed by atoms with Crippen molar-refractivity contribution in [3.63, 3.8) is 0 Å². The lowest BCUT2D eigenvalue weighted by atomic mass is 10.1. The number of para-hydroxylation sites is 1. The second-order valence-corrected chi connectivity index (χ2v) is 5.79. The highest BCUT2D eigenvalue weighted by molar-refractivity contribution is 5.82. The monoisotopic (exact) mass is 341 g/mol. The van der Waals surface area contributed by atoms with Gasteiger partial charge in [-0.1, -0.05) is 30.3 Å². The van der Waals surface area contributed by atoms with Crippen molar-refractivity contribution in [1.29, 1.82) is 0 Å². The smallest absolute Gasteiger partial charge is 0.341 e. The SMILES string of the molecule is O=C(O)COc1ccc(CCNC(=O)[C@@H]2Cc3ccccc3O2)cc1. The van der Waals surface area contributed by atoms with Crippen molar-refractivity contribution in [2.45, 2.75) is 18.9 Å². The first-order chi connectivity index (χ1) is 12.1. The Hall–Kier alpha value is -3.02. The minimum atomic E-state index is -1.01. The van der Waals surface area contributed by atoms with Crippen LogP contribution in [0.1, 0.15) is 11.1 Å². The average molecular weight is 341 g/mol. The first-order valence-corrected chi connectivity index (χ1v) is 8.07. The van der Waals surface area contributed by atoms with Crippen molar-refractivity contribution < 1.29 is 24.2 Å². The standard InChI is InChI=1S/C19H19NO5/c21-18(22)12-24-15-7-5-13(6-8-15)9-10-20-19(23)17-11-14-3-1-2-4-16(14)25-17/h1-8,17H,9-12H2,(H,20,23)(H,21,22)/t17-/m0/s1. The number of carboxylic acid groups (broad SMARTS) is 1. The minimum Gasteiger partial charge on any atom is -0.482 e. The van der Waals surface area contributed by atoms with E-state index in [4.69, 9.17) is 14.6 Å². The zero-order chi connectivity index (χ0) is 17.6. The number of carbonyl (C=O) groups is 2. The van der Waals surface area contributed by atoms with Crippen LogP contribution in [-0.2, 0) is 22.4 Å². The molecule has 0 saturated heterocycles. The van der Waals surface area contributed by atoms with Crippen LogP contribution in [0.5, 0.6) is 11.5 Å². The van der Waals surface area contributed by atoms with Gasteiger partial charge in [-0.3, -0.25) is 4.79 Å². The summed E-state index contributed by atoms with van der Waals surface area (Å²) >= 11 is 0. The van der Waals surface area contributed by atoms with Crippen molar-refractivity contribution in [3.05, 3.63) is 59.7 Å². The Labute approximate surface area is 145 Å². The van der Waals surface area contributed by atoms with Crippen molar-refractivity contribution in [2.24, 2.45) is 0 Å². The van der Waals surface area contributed by atoms with E-state index in [0.717, 1.165) is 16.9 Å². The Bertz CT molecular complexity index is 732. The van der Waals surface area contributed by atoms with Gasteiger partial charge in [-0.25, -0.2) is 4.79 Å². The molecule has 130 valence electrons. The number of carboxylic acids is 1. The summed E-state index contributed by atoms with van der Waals surface area (Å²) in [5, 5.41) is 11.5. The first kappa shape index (κ1) is 16.8. The van der Waals surface area contributed by atoms with Gasteiger partial charge in [0.1, 0.15) is 11.5 Å². The molecule has 0 unspecified atom stereocenters. The molecule has 6 nitrogen and oxygen atoms in total. The average Bonchev–Trinajstić information content (AvgIpc) is 3.05. The van der Waals surface area contributed by atoms with E-state index in [2.05, 4.69) is 5.32 Å². The van der Waals surface area contributed by atoms with Gasteiger partial charge in [0.25, 0.3) is 5.91 Å². The zero-order valence-corrected chi connectivity index (χ0v) is 13.6. The summed E-state index contributed by atoms with van der Waals surface area (Å²) in [7, 11) is 0. The van der Waals surface area contributed by atoms with E-state index < -0.39 is 12.1 Å². The number of aliphatic carboxylic acids is 1. The number of benzene rings is 2. The second kappa shape index (κ2) is 7.70. The Morgan fingerprint density at radius 3 is 2.64 bits per heavy atom. The van der Waals surface area contributed by atoms with Crippen molar-refractivity contribution in [3.8, 4) is 11.5 Å². The minimum absolute atomic E-state index is 0.113. The number of fused-ring (bicyclic) bond motifs is 1. The Kier molecular flexibility index (Phi) is 5.18. The summed E-state index contributed by atoms with van der Waals surface area (Å²) in [6, 6.07) is 14.8. The third-order valence-electron chi connectivity index (χ3n) is 3.94. The van der Waals surface area contributed by atoms with Gasteiger partial charge in [0.15, 0.2) is 12.7 Å². The summed E-state index contributed by atoms with van der Waals surface area (Å²) in [6.07, 6.45) is 0.798. The van der Waals surface area contributed by atoms with Crippen LogP contribution in [0.15, 0.2) is 48.5 Å². The lowest BCUT2D eigenvalue weighted by Crippen LogP contribution is -2.38. The molecule has 2 aromatic rings. The predicted octanol–water partition coefficient (Wildman–Crippen LogP) is 1.81. The first-order valence-electron chi connectivity index (χ1n) is 8.07. The van der Waals surface area contributed by atoms with Gasteiger partial charge in [0, 0.05) is 13.0 Å². The molecule has 1 aliphatic rings. The number of nitrogens with one attached hydrogen (secondary N) is 1. The fraction of sp³-hybridized carbons (Fsp3) is 0.263. The number of rotatable bonds is 7. The van der Waals surface area contributed by atoms with E-state index in [9.17, 15) is 9.59 Å². The normalized spacial score (nSPS) is 15.1. The second-order valence-electron chi connectivity index (χ2n) is 5.79. The van der Waals surface area contributed by atoms with E-state index in [1.807, 2.05) is 36.4 Å². The molecule has 6 heteroatoms. The van der Waals surface area contributed by atoms with Crippen LogP contribution in [0, 0.1) is 0 Å². The van der Waals surface area contributed by atoms with Crippen LogP contribution in [0.3, 0.4) is 0 Å². The molecule has 3 rings (SSSR count). The molecule has 1 heterocycles. The van der Waals surface area contributed by atoms with Crippen molar-refractivity contribution >= 4 is 11.9 Å². The molecule has 0 aliphatic carbocycles. The molecule has 0 spiro atoms. The molecular formula is C19H19NO5. The van der Waals surface area contributed by atoms with Crippen LogP contribution >= 0.6 is 0 Å². The topological polar surface area (TPSA) is 84.9 Å². The fourth-order valence-corrected chi connectivity index (χ4v) is 2.67. The molecule has 2 aromatic carbocycles. The molecule has 1 amide bonds.